The van der Waals surface area contributed by atoms with E-state index in [4.69, 9.17) is 23.7 Å². The molecule has 2 aliphatic rings. The van der Waals surface area contributed by atoms with Crippen LogP contribution in [-0.2, 0) is 33.3 Å². The summed E-state index contributed by atoms with van der Waals surface area (Å²) in [6.45, 7) is 3.20. The quantitative estimate of drug-likeness (QED) is 0.149. The minimum atomic E-state index is -1.23. The Morgan fingerprint density at radius 3 is 2.10 bits per heavy atom. The predicted octanol–water partition coefficient (Wildman–Crippen LogP) is 2.72. The van der Waals surface area contributed by atoms with Gasteiger partial charge in [-0.2, -0.15) is 4.57 Å². The molecule has 0 saturated carbocycles. The van der Waals surface area contributed by atoms with Gasteiger partial charge in [0.1, 0.15) is 29.8 Å². The maximum absolute atomic E-state index is 14.7. The van der Waals surface area contributed by atoms with Gasteiger partial charge in [-0.3, -0.25) is 14.4 Å². The number of nitrogens with zero attached hydrogens (tertiary/aromatic N) is 3. The SMILES string of the molecule is COc1ccc(-n2c3[n+](c([O-])c(-c4ccccc4)c2=O)[C@@H]2[C@@H](OC(C)=O)[C@@H]([C@@H](COC(C)=O)OC(C)=O)O[C@@H]2N3c2ccccc2)cc1. The normalized spacial score (nSPS) is 20.0. The van der Waals surface area contributed by atoms with Gasteiger partial charge in [0.05, 0.1) is 12.7 Å². The standard InChI is InChI=1S/C35H33N3O10/c1-20(39)45-19-27(46-21(2)40)30-31(47-22(3)41)29-34(48-30)37(24-13-9-6-10-14-24)35-36(25-15-17-26(44-4)18-16-25)32(42)28(33(43)38(29)35)23-11-7-5-8-12-23/h5-18,27,29-31,34H,19H2,1-4H3/t27-,29-,30-,31-,34+/m1/s1. The molecule has 1 aromatic heterocycles. The molecule has 0 bridgehead atoms. The second kappa shape index (κ2) is 13.2. The summed E-state index contributed by atoms with van der Waals surface area (Å²) < 4.78 is 31.4. The highest BCUT2D eigenvalue weighted by Crippen LogP contribution is 2.46. The summed E-state index contributed by atoms with van der Waals surface area (Å²) in [5.74, 6) is -1.95. The van der Waals surface area contributed by atoms with Gasteiger partial charge in [0.25, 0.3) is 0 Å². The van der Waals surface area contributed by atoms with E-state index >= 15 is 0 Å². The van der Waals surface area contributed by atoms with Gasteiger partial charge in [0, 0.05) is 26.7 Å². The number of ether oxygens (including phenoxy) is 5. The van der Waals surface area contributed by atoms with Crippen molar-refractivity contribution in [3.8, 4) is 28.4 Å². The third-order valence-corrected chi connectivity index (χ3v) is 8.15. The van der Waals surface area contributed by atoms with Crippen molar-refractivity contribution >= 4 is 29.5 Å². The van der Waals surface area contributed by atoms with Crippen LogP contribution in [0.2, 0.25) is 0 Å². The Kier molecular flexibility index (Phi) is 8.87. The fourth-order valence-corrected chi connectivity index (χ4v) is 6.29. The smallest absolute Gasteiger partial charge is 0.375 e. The first-order valence-corrected chi connectivity index (χ1v) is 15.2. The largest absolute Gasteiger partial charge is 0.848 e. The molecular formula is C35H33N3O10. The van der Waals surface area contributed by atoms with Gasteiger partial charge in [-0.25, -0.2) is 14.3 Å². The molecule has 0 aliphatic carbocycles. The van der Waals surface area contributed by atoms with Crippen molar-refractivity contribution < 1.29 is 47.7 Å². The highest BCUT2D eigenvalue weighted by molar-refractivity contribution is 5.70. The van der Waals surface area contributed by atoms with E-state index in [2.05, 4.69) is 0 Å². The number of anilines is 2. The highest BCUT2D eigenvalue weighted by atomic mass is 16.6. The lowest BCUT2D eigenvalue weighted by Crippen LogP contribution is -2.53. The molecule has 248 valence electrons. The van der Waals surface area contributed by atoms with Crippen LogP contribution in [0.3, 0.4) is 0 Å². The first-order valence-electron chi connectivity index (χ1n) is 15.2. The summed E-state index contributed by atoms with van der Waals surface area (Å²) in [4.78, 5) is 52.9. The summed E-state index contributed by atoms with van der Waals surface area (Å²) in [6, 6.07) is 23.2. The molecule has 4 aromatic rings. The summed E-state index contributed by atoms with van der Waals surface area (Å²) in [7, 11) is 1.53. The summed E-state index contributed by atoms with van der Waals surface area (Å²) in [5, 5.41) is 14.7. The van der Waals surface area contributed by atoms with Crippen molar-refractivity contribution in [2.75, 3.05) is 18.6 Å². The molecule has 5 atom stereocenters. The van der Waals surface area contributed by atoms with E-state index < -0.39 is 66.5 Å². The maximum atomic E-state index is 14.7. The van der Waals surface area contributed by atoms with Crippen LogP contribution >= 0.6 is 0 Å². The molecule has 2 aliphatic heterocycles. The number of fused-ring (bicyclic) bond motifs is 3. The second-order valence-corrected chi connectivity index (χ2v) is 11.3. The summed E-state index contributed by atoms with van der Waals surface area (Å²) >= 11 is 0. The zero-order chi connectivity index (χ0) is 34.1. The number of rotatable bonds is 9. The van der Waals surface area contributed by atoms with Crippen LogP contribution in [-0.4, -0.2) is 60.7 Å². The van der Waals surface area contributed by atoms with E-state index in [-0.39, 0.29) is 11.5 Å². The topological polar surface area (TPSA) is 150 Å². The van der Waals surface area contributed by atoms with Crippen LogP contribution < -0.4 is 24.9 Å². The average molecular weight is 656 g/mol. The van der Waals surface area contributed by atoms with E-state index in [0.717, 1.165) is 0 Å². The Balaban J connectivity index is 1.66. The van der Waals surface area contributed by atoms with E-state index in [1.807, 2.05) is 6.07 Å². The van der Waals surface area contributed by atoms with Crippen LogP contribution in [0.4, 0.5) is 11.6 Å². The summed E-state index contributed by atoms with van der Waals surface area (Å²) in [6.07, 6.45) is -4.68. The molecule has 6 rings (SSSR count). The van der Waals surface area contributed by atoms with Crippen molar-refractivity contribution in [3.63, 3.8) is 0 Å². The van der Waals surface area contributed by atoms with Crippen LogP contribution in [0.5, 0.6) is 11.6 Å². The number of benzene rings is 3. The van der Waals surface area contributed by atoms with E-state index in [9.17, 15) is 24.3 Å². The van der Waals surface area contributed by atoms with Crippen LogP contribution in [0, 0.1) is 0 Å². The van der Waals surface area contributed by atoms with Gasteiger partial charge in [0.15, 0.2) is 18.2 Å². The number of para-hydroxylation sites is 1. The van der Waals surface area contributed by atoms with Crippen LogP contribution in [0.25, 0.3) is 16.8 Å². The lowest BCUT2D eigenvalue weighted by molar-refractivity contribution is -0.744. The molecule has 0 N–H and O–H groups in total. The van der Waals surface area contributed by atoms with E-state index in [0.29, 0.717) is 22.7 Å². The van der Waals surface area contributed by atoms with Gasteiger partial charge >= 0.3 is 29.4 Å². The fourth-order valence-electron chi connectivity index (χ4n) is 6.29. The highest BCUT2D eigenvalue weighted by Gasteiger charge is 2.64. The zero-order valence-electron chi connectivity index (χ0n) is 26.6. The Morgan fingerprint density at radius 2 is 1.52 bits per heavy atom. The Morgan fingerprint density at radius 1 is 0.875 bits per heavy atom. The minimum Gasteiger partial charge on any atom is -0.848 e. The molecule has 0 spiro atoms. The number of esters is 3. The Hall–Kier alpha value is -5.69. The number of carbonyl (C=O) groups is 3. The molecule has 1 saturated heterocycles. The first-order chi connectivity index (χ1) is 23.1. The van der Waals surface area contributed by atoms with Crippen LogP contribution in [0.1, 0.15) is 26.8 Å². The molecule has 48 heavy (non-hydrogen) atoms. The molecule has 0 amide bonds. The molecule has 0 unspecified atom stereocenters. The van der Waals surface area contributed by atoms with Gasteiger partial charge in [0.2, 0.25) is 6.23 Å². The number of methoxy groups -OCH3 is 1. The van der Waals surface area contributed by atoms with Gasteiger partial charge in [-0.1, -0.05) is 48.5 Å². The first kappa shape index (κ1) is 32.3. The Labute approximate surface area is 275 Å². The lowest BCUT2D eigenvalue weighted by Gasteiger charge is -2.29. The third-order valence-electron chi connectivity index (χ3n) is 8.15. The number of hydrogen-bond donors (Lipinski definition) is 0. The molecule has 3 aromatic carbocycles. The molecule has 3 heterocycles. The number of hydrogen-bond acceptors (Lipinski definition) is 11. The number of carbonyl (C=O) groups excluding carboxylic acids is 3. The minimum absolute atomic E-state index is 0.120. The van der Waals surface area contributed by atoms with Crippen molar-refractivity contribution in [1.29, 1.82) is 0 Å². The molecule has 1 fully saturated rings. The van der Waals surface area contributed by atoms with Crippen molar-refractivity contribution in [3.05, 3.63) is 95.3 Å². The number of aromatic nitrogens is 2. The van der Waals surface area contributed by atoms with Gasteiger partial charge in [-0.15, -0.1) is 0 Å². The van der Waals surface area contributed by atoms with Crippen molar-refractivity contribution in [2.45, 2.75) is 51.4 Å². The predicted molar refractivity (Wildman–Crippen MR) is 168 cm³/mol. The van der Waals surface area contributed by atoms with E-state index in [1.54, 1.807) is 83.8 Å². The van der Waals surface area contributed by atoms with Crippen LogP contribution in [0.15, 0.2) is 89.7 Å². The molecule has 0 radical (unpaired) electrons. The lowest BCUT2D eigenvalue weighted by atomic mass is 10.0. The molecular weight excluding hydrogens is 622 g/mol. The van der Waals surface area contributed by atoms with Crippen molar-refractivity contribution in [2.24, 2.45) is 0 Å². The fraction of sp³-hybridized carbons (Fsp3) is 0.286. The monoisotopic (exact) mass is 655 g/mol. The maximum Gasteiger partial charge on any atom is 0.375 e. The second-order valence-electron chi connectivity index (χ2n) is 11.3. The summed E-state index contributed by atoms with van der Waals surface area (Å²) in [5.41, 5.74) is 0.656. The zero-order valence-corrected chi connectivity index (χ0v) is 26.6. The molecule has 13 nitrogen and oxygen atoms in total. The van der Waals surface area contributed by atoms with Crippen molar-refractivity contribution in [1.82, 2.24) is 4.57 Å². The third kappa shape index (κ3) is 5.84. The average Bonchev–Trinajstić information content (AvgIpc) is 3.58. The van der Waals surface area contributed by atoms with E-state index in [1.165, 1.54) is 37.0 Å². The van der Waals surface area contributed by atoms with Gasteiger partial charge in [-0.05, 0) is 42.0 Å². The Bertz CT molecular complexity index is 1900. The molecule has 13 heteroatoms. The van der Waals surface area contributed by atoms with Gasteiger partial charge < -0.3 is 28.8 Å².